The first-order valence-electron chi connectivity index (χ1n) is 2.18. The molecule has 0 saturated carbocycles. The van der Waals surface area contributed by atoms with Crippen LogP contribution in [0, 0.1) is 0 Å². The van der Waals surface area contributed by atoms with Crippen molar-refractivity contribution in [2.24, 2.45) is 0 Å². The Bertz CT molecular complexity index is 54.6. The van der Waals surface area contributed by atoms with Crippen LogP contribution in [0.2, 0.25) is 0 Å². The molecule has 0 spiro atoms. The summed E-state index contributed by atoms with van der Waals surface area (Å²) in [6.07, 6.45) is 0. The van der Waals surface area contributed by atoms with E-state index < -0.39 is 0 Å². The first-order valence-corrected chi connectivity index (χ1v) is 3.12. The lowest BCUT2D eigenvalue weighted by molar-refractivity contribution is -0.764. The Morgan fingerprint density at radius 1 is 1.50 bits per heavy atom. The average Bonchev–Trinajstić information content (AvgIpc) is 1.32. The van der Waals surface area contributed by atoms with E-state index in [9.17, 15) is 0 Å². The van der Waals surface area contributed by atoms with Crippen molar-refractivity contribution >= 4 is 11.9 Å². The largest absolute Gasteiger partial charge is 0.265 e. The van der Waals surface area contributed by atoms with E-state index in [4.69, 9.17) is 0 Å². The van der Waals surface area contributed by atoms with E-state index >= 15 is 0 Å². The lowest BCUT2D eigenvalue weighted by Gasteiger charge is -2.34. The quantitative estimate of drug-likeness (QED) is 0.322. The van der Waals surface area contributed by atoms with Crippen LogP contribution in [-0.4, -0.2) is 30.3 Å². The fraction of sp³-hybridized carbons (Fsp3) is 1.00. The highest BCUT2D eigenvalue weighted by atomic mass is 32.2. The lowest BCUT2D eigenvalue weighted by atomic mass is 10.7. The summed E-state index contributed by atoms with van der Waals surface area (Å²) in [6.45, 7) is 1.35. The van der Waals surface area contributed by atoms with Crippen molar-refractivity contribution < 1.29 is 3.89 Å². The van der Waals surface area contributed by atoms with Gasteiger partial charge in [0.05, 0.1) is 31.8 Å². The van der Waals surface area contributed by atoms with Gasteiger partial charge in [-0.2, -0.15) is 0 Å². The summed E-state index contributed by atoms with van der Waals surface area (Å²) < 4.78 is 1.17. The molecule has 0 bridgehead atoms. The number of nitrogens with zero attached hydrogens (tertiary/aromatic N) is 1. The fourth-order valence-electron chi connectivity index (χ4n) is 0.456. The van der Waals surface area contributed by atoms with Crippen molar-refractivity contribution in [2.75, 3.05) is 26.4 Å². The Kier molecular flexibility index (Phi) is 0.848. The number of hydrogen-bond acceptors (Lipinski definition) is 1. The van der Waals surface area contributed by atoms with Gasteiger partial charge in [0.2, 0.25) is 0 Å². The number of rotatable bonds is 0. The third-order valence-electron chi connectivity index (χ3n) is 1.07. The van der Waals surface area contributed by atoms with Gasteiger partial charge in [0, 0.05) is 0 Å². The van der Waals surface area contributed by atoms with Gasteiger partial charge < -0.3 is 0 Å². The Morgan fingerprint density at radius 2 is 1.83 bits per heavy atom. The minimum atomic E-state index is 1.17. The van der Waals surface area contributed by atoms with Crippen molar-refractivity contribution in [3.8, 4) is 0 Å². The predicted octanol–water partition coefficient (Wildman–Crippen LogP) is 0.725. The molecular weight excluding hydrogens is 94.1 g/mol. The van der Waals surface area contributed by atoms with Crippen molar-refractivity contribution in [3.05, 3.63) is 0 Å². The Morgan fingerprint density at radius 3 is 1.83 bits per heavy atom. The van der Waals surface area contributed by atoms with Crippen molar-refractivity contribution in [2.45, 2.75) is 0 Å². The van der Waals surface area contributed by atoms with Crippen LogP contribution < -0.4 is 0 Å². The molecule has 1 nitrogen and oxygen atoms in total. The normalized spacial score (nSPS) is 29.0. The fourth-order valence-corrected chi connectivity index (χ4v) is 1.37. The smallest absolute Gasteiger partial charge is 0.103 e. The zero-order valence-corrected chi connectivity index (χ0v) is 5.09. The van der Waals surface area contributed by atoms with Gasteiger partial charge in [0.1, 0.15) is 6.54 Å². The zero-order valence-electron chi connectivity index (χ0n) is 4.27. The lowest BCUT2D eigenvalue weighted by Crippen LogP contribution is -2.43. The molecule has 1 heterocycles. The maximum Gasteiger partial charge on any atom is 0.103 e. The first-order chi connectivity index (χ1) is 2.71. The highest BCUT2D eigenvalue weighted by molar-refractivity contribution is 7.94. The molecule has 1 aliphatic heterocycles. The summed E-state index contributed by atoms with van der Waals surface area (Å²) in [5, 5.41) is 0. The summed E-state index contributed by atoms with van der Waals surface area (Å²) in [6, 6.07) is 0. The Labute approximate surface area is 43.1 Å². The van der Waals surface area contributed by atoms with Gasteiger partial charge in [0.25, 0.3) is 0 Å². The molecule has 0 N–H and O–H groups in total. The van der Waals surface area contributed by atoms with Crippen LogP contribution in [0.4, 0.5) is 0 Å². The third kappa shape index (κ3) is 0.684. The molecule has 0 amide bonds. The van der Waals surface area contributed by atoms with E-state index in [1.165, 1.54) is 16.2 Å². The summed E-state index contributed by atoms with van der Waals surface area (Å²) in [5.41, 5.74) is 0. The Balaban J connectivity index is 2.31. The molecule has 0 aliphatic carbocycles. The van der Waals surface area contributed by atoms with Gasteiger partial charge in [0.15, 0.2) is 0 Å². The average molecular weight is 104 g/mol. The molecule has 0 unspecified atom stereocenters. The molecule has 0 atom stereocenters. The second kappa shape index (κ2) is 1.14. The van der Waals surface area contributed by atoms with Gasteiger partial charge in [-0.25, -0.2) is 0 Å². The van der Waals surface area contributed by atoms with E-state index in [0.717, 1.165) is 0 Å². The van der Waals surface area contributed by atoms with Crippen LogP contribution in [0.1, 0.15) is 0 Å². The van der Waals surface area contributed by atoms with E-state index in [1.807, 2.05) is 11.9 Å². The van der Waals surface area contributed by atoms with Crippen LogP contribution in [0.5, 0.6) is 0 Å². The minimum Gasteiger partial charge on any atom is -0.265 e. The SMILES string of the molecule is C[N+]1(C)CCS1. The Hall–Kier alpha value is 0.310. The maximum absolute atomic E-state index is 2.23. The summed E-state index contributed by atoms with van der Waals surface area (Å²) in [4.78, 5) is 0. The zero-order chi connectivity index (χ0) is 4.62. The van der Waals surface area contributed by atoms with Gasteiger partial charge in [-0.15, -0.1) is 0 Å². The van der Waals surface area contributed by atoms with Gasteiger partial charge in [-0.3, -0.25) is 3.89 Å². The monoisotopic (exact) mass is 104 g/mol. The van der Waals surface area contributed by atoms with Crippen molar-refractivity contribution in [3.63, 3.8) is 0 Å². The molecule has 0 aromatic heterocycles. The standard InChI is InChI=1S/C4H10NS/c1-5(2)3-4-6-5/h3-4H2,1-2H3/q+1. The molecule has 1 saturated heterocycles. The summed E-state index contributed by atoms with van der Waals surface area (Å²) >= 11 is 2.00. The van der Waals surface area contributed by atoms with E-state index in [2.05, 4.69) is 14.1 Å². The van der Waals surface area contributed by atoms with Gasteiger partial charge in [-0.1, -0.05) is 0 Å². The van der Waals surface area contributed by atoms with Gasteiger partial charge in [-0.05, 0) is 0 Å². The summed E-state index contributed by atoms with van der Waals surface area (Å²) in [7, 11) is 4.46. The van der Waals surface area contributed by atoms with Crippen molar-refractivity contribution in [1.82, 2.24) is 0 Å². The van der Waals surface area contributed by atoms with Crippen molar-refractivity contribution in [1.29, 1.82) is 0 Å². The maximum atomic E-state index is 2.23. The number of quaternary nitrogens is 1. The topological polar surface area (TPSA) is 0 Å². The highest BCUT2D eigenvalue weighted by Crippen LogP contribution is 2.25. The van der Waals surface area contributed by atoms with Crippen LogP contribution in [-0.2, 0) is 0 Å². The molecule has 1 fully saturated rings. The summed E-state index contributed by atoms with van der Waals surface area (Å²) in [5.74, 6) is 1.35. The highest BCUT2D eigenvalue weighted by Gasteiger charge is 2.26. The predicted molar refractivity (Wildman–Crippen MR) is 29.4 cm³/mol. The van der Waals surface area contributed by atoms with Gasteiger partial charge >= 0.3 is 0 Å². The first kappa shape index (κ1) is 4.47. The number of hydrogen-bond donors (Lipinski definition) is 0. The van der Waals surface area contributed by atoms with E-state index in [-0.39, 0.29) is 0 Å². The molecule has 0 aromatic rings. The second-order valence-electron chi connectivity index (χ2n) is 2.13. The molecule has 1 aliphatic rings. The molecular formula is C4H10NS+. The molecule has 36 valence electrons. The van der Waals surface area contributed by atoms with Crippen LogP contribution in [0.3, 0.4) is 0 Å². The van der Waals surface area contributed by atoms with Crippen LogP contribution in [0.25, 0.3) is 0 Å². The van der Waals surface area contributed by atoms with E-state index in [0.29, 0.717) is 0 Å². The van der Waals surface area contributed by atoms with Crippen LogP contribution >= 0.6 is 11.9 Å². The second-order valence-corrected chi connectivity index (χ2v) is 3.79. The molecule has 2 heteroatoms. The van der Waals surface area contributed by atoms with E-state index in [1.54, 1.807) is 0 Å². The van der Waals surface area contributed by atoms with Crippen LogP contribution in [0.15, 0.2) is 0 Å². The molecule has 6 heavy (non-hydrogen) atoms. The molecule has 0 aromatic carbocycles. The molecule has 0 radical (unpaired) electrons. The third-order valence-corrected chi connectivity index (χ3v) is 2.32. The minimum absolute atomic E-state index is 1.17. The molecule has 1 rings (SSSR count).